The maximum atomic E-state index is 11.2. The fourth-order valence-corrected chi connectivity index (χ4v) is 3.36. The van der Waals surface area contributed by atoms with Crippen LogP contribution in [0.2, 0.25) is 0 Å². The van der Waals surface area contributed by atoms with Gasteiger partial charge in [-0.1, -0.05) is 26.8 Å². The average molecular weight is 439 g/mol. The molecule has 0 spiro atoms. The van der Waals surface area contributed by atoms with E-state index in [4.69, 9.17) is 14.7 Å². The summed E-state index contributed by atoms with van der Waals surface area (Å²) in [7, 11) is 3.53. The standard InChI is InChI=1S/C24H30N4O4/c1-24(2,3)16-8-10-19-18(13-16)23(26-15-25-19)28(4)17-9-11-20(31-5)21(14-17)32-12-6-7-22(29)27-30/h8-11,13-15,30H,6-7,12H2,1-5H3,(H,27,29). The number of nitrogens with zero attached hydrogens (tertiary/aromatic N) is 3. The molecule has 0 aliphatic carbocycles. The van der Waals surface area contributed by atoms with Crippen LogP contribution in [-0.2, 0) is 10.2 Å². The SMILES string of the molecule is COc1ccc(N(C)c2ncnc3ccc(C(C)(C)C)cc23)cc1OCCCC(=O)NO. The lowest BCUT2D eigenvalue weighted by atomic mass is 9.86. The number of rotatable bonds is 8. The van der Waals surface area contributed by atoms with Gasteiger partial charge in [0.2, 0.25) is 5.91 Å². The van der Waals surface area contributed by atoms with E-state index in [1.165, 1.54) is 5.56 Å². The van der Waals surface area contributed by atoms with E-state index in [2.05, 4.69) is 42.9 Å². The second-order valence-corrected chi connectivity index (χ2v) is 8.56. The fraction of sp³-hybridized carbons (Fsp3) is 0.375. The molecule has 3 aromatic rings. The van der Waals surface area contributed by atoms with Crippen LogP contribution in [0.5, 0.6) is 11.5 Å². The number of ether oxygens (including phenoxy) is 2. The van der Waals surface area contributed by atoms with Crippen LogP contribution in [0.15, 0.2) is 42.7 Å². The van der Waals surface area contributed by atoms with Gasteiger partial charge >= 0.3 is 0 Å². The molecule has 0 unspecified atom stereocenters. The van der Waals surface area contributed by atoms with Crippen LogP contribution in [-0.4, -0.2) is 41.8 Å². The van der Waals surface area contributed by atoms with Crippen LogP contribution in [0.4, 0.5) is 11.5 Å². The molecule has 0 bridgehead atoms. The van der Waals surface area contributed by atoms with E-state index in [0.29, 0.717) is 24.5 Å². The molecule has 2 N–H and O–H groups in total. The van der Waals surface area contributed by atoms with Gasteiger partial charge in [-0.05, 0) is 41.7 Å². The number of carbonyl (C=O) groups excluding carboxylic acids is 1. The Morgan fingerprint density at radius 1 is 1.12 bits per heavy atom. The van der Waals surface area contributed by atoms with Gasteiger partial charge in [-0.25, -0.2) is 15.4 Å². The number of fused-ring (bicyclic) bond motifs is 1. The zero-order valence-corrected chi connectivity index (χ0v) is 19.2. The van der Waals surface area contributed by atoms with Crippen molar-refractivity contribution in [2.75, 3.05) is 25.7 Å². The maximum absolute atomic E-state index is 11.2. The summed E-state index contributed by atoms with van der Waals surface area (Å²) < 4.78 is 11.3. The van der Waals surface area contributed by atoms with Crippen LogP contribution < -0.4 is 19.9 Å². The lowest BCUT2D eigenvalue weighted by Gasteiger charge is -2.23. The van der Waals surface area contributed by atoms with E-state index < -0.39 is 5.91 Å². The van der Waals surface area contributed by atoms with Crippen LogP contribution in [0.1, 0.15) is 39.2 Å². The number of hydrogen-bond acceptors (Lipinski definition) is 7. The van der Waals surface area contributed by atoms with Crippen molar-refractivity contribution < 1.29 is 19.5 Å². The smallest absolute Gasteiger partial charge is 0.243 e. The van der Waals surface area contributed by atoms with Crippen LogP contribution in [0, 0.1) is 0 Å². The normalized spacial score (nSPS) is 11.3. The van der Waals surface area contributed by atoms with E-state index in [1.54, 1.807) is 18.9 Å². The molecule has 0 atom stereocenters. The Bertz CT molecular complexity index is 1100. The number of amides is 1. The van der Waals surface area contributed by atoms with Gasteiger partial charge in [-0.15, -0.1) is 0 Å². The predicted octanol–water partition coefficient (Wildman–Crippen LogP) is 4.37. The summed E-state index contributed by atoms with van der Waals surface area (Å²) in [5.74, 6) is 1.50. The Morgan fingerprint density at radius 2 is 1.91 bits per heavy atom. The quantitative estimate of drug-likeness (QED) is 0.306. The Hall–Kier alpha value is -3.39. The molecular formula is C24H30N4O4. The van der Waals surface area contributed by atoms with Gasteiger partial charge in [0, 0.05) is 30.6 Å². The van der Waals surface area contributed by atoms with Crippen molar-refractivity contribution >= 4 is 28.3 Å². The third-order valence-electron chi connectivity index (χ3n) is 5.26. The molecule has 0 saturated carbocycles. The Morgan fingerprint density at radius 3 is 2.59 bits per heavy atom. The van der Waals surface area contributed by atoms with Crippen LogP contribution >= 0.6 is 0 Å². The zero-order valence-electron chi connectivity index (χ0n) is 19.2. The fourth-order valence-electron chi connectivity index (χ4n) is 3.36. The van der Waals surface area contributed by atoms with Crippen molar-refractivity contribution in [2.45, 2.75) is 39.0 Å². The molecule has 1 aromatic heterocycles. The van der Waals surface area contributed by atoms with Crippen molar-refractivity contribution in [2.24, 2.45) is 0 Å². The van der Waals surface area contributed by atoms with Crippen molar-refractivity contribution in [3.05, 3.63) is 48.3 Å². The molecular weight excluding hydrogens is 408 g/mol. The van der Waals surface area contributed by atoms with Crippen molar-refractivity contribution in [3.63, 3.8) is 0 Å². The molecule has 170 valence electrons. The molecule has 3 rings (SSSR count). The van der Waals surface area contributed by atoms with Crippen molar-refractivity contribution in [1.29, 1.82) is 0 Å². The molecule has 8 heteroatoms. The van der Waals surface area contributed by atoms with E-state index >= 15 is 0 Å². The summed E-state index contributed by atoms with van der Waals surface area (Å²) in [6.07, 6.45) is 2.20. The third kappa shape index (κ3) is 5.26. The molecule has 2 aromatic carbocycles. The highest BCUT2D eigenvalue weighted by Crippen LogP contribution is 2.36. The molecule has 0 saturated heterocycles. The lowest BCUT2D eigenvalue weighted by Crippen LogP contribution is -2.18. The van der Waals surface area contributed by atoms with E-state index in [9.17, 15) is 4.79 Å². The summed E-state index contributed by atoms with van der Waals surface area (Å²) in [5.41, 5.74) is 4.58. The number of hydroxylamine groups is 1. The summed E-state index contributed by atoms with van der Waals surface area (Å²) in [6.45, 7) is 6.85. The number of hydrogen-bond donors (Lipinski definition) is 2. The summed E-state index contributed by atoms with van der Waals surface area (Å²) in [4.78, 5) is 22.1. The molecule has 0 aliphatic heterocycles. The highest BCUT2D eigenvalue weighted by atomic mass is 16.5. The van der Waals surface area contributed by atoms with Crippen molar-refractivity contribution in [3.8, 4) is 11.5 Å². The highest BCUT2D eigenvalue weighted by Gasteiger charge is 2.18. The van der Waals surface area contributed by atoms with Gasteiger partial charge < -0.3 is 14.4 Å². The van der Waals surface area contributed by atoms with Gasteiger partial charge in [0.25, 0.3) is 0 Å². The summed E-state index contributed by atoms with van der Waals surface area (Å²) >= 11 is 0. The van der Waals surface area contributed by atoms with E-state index in [-0.39, 0.29) is 11.8 Å². The first-order valence-electron chi connectivity index (χ1n) is 10.5. The number of carbonyl (C=O) groups is 1. The first-order valence-corrected chi connectivity index (χ1v) is 10.5. The number of aromatic nitrogens is 2. The first-order chi connectivity index (χ1) is 15.2. The topological polar surface area (TPSA) is 96.8 Å². The summed E-state index contributed by atoms with van der Waals surface area (Å²) in [6, 6.07) is 11.9. The number of benzene rings is 2. The minimum absolute atomic E-state index is 0.00786. The molecule has 1 amide bonds. The number of anilines is 2. The minimum atomic E-state index is -0.445. The number of methoxy groups -OCH3 is 1. The van der Waals surface area contributed by atoms with Gasteiger partial charge in [0.15, 0.2) is 11.5 Å². The molecule has 32 heavy (non-hydrogen) atoms. The van der Waals surface area contributed by atoms with E-state index in [0.717, 1.165) is 22.4 Å². The number of nitrogens with one attached hydrogen (secondary N) is 1. The van der Waals surface area contributed by atoms with Gasteiger partial charge in [0.1, 0.15) is 12.1 Å². The van der Waals surface area contributed by atoms with E-state index in [1.807, 2.05) is 36.2 Å². The van der Waals surface area contributed by atoms with Crippen LogP contribution in [0.3, 0.4) is 0 Å². The minimum Gasteiger partial charge on any atom is -0.493 e. The Kier molecular flexibility index (Phi) is 7.15. The third-order valence-corrected chi connectivity index (χ3v) is 5.26. The lowest BCUT2D eigenvalue weighted by molar-refractivity contribution is -0.129. The summed E-state index contributed by atoms with van der Waals surface area (Å²) in [5, 5.41) is 9.57. The second kappa shape index (κ2) is 9.82. The Labute approximate surface area is 188 Å². The molecule has 8 nitrogen and oxygen atoms in total. The maximum Gasteiger partial charge on any atom is 0.243 e. The highest BCUT2D eigenvalue weighted by molar-refractivity contribution is 5.92. The van der Waals surface area contributed by atoms with Gasteiger partial charge in [-0.2, -0.15) is 0 Å². The largest absolute Gasteiger partial charge is 0.493 e. The molecule has 0 fully saturated rings. The Balaban J connectivity index is 1.91. The average Bonchev–Trinajstić information content (AvgIpc) is 2.79. The zero-order chi connectivity index (χ0) is 23.3. The predicted molar refractivity (Wildman–Crippen MR) is 124 cm³/mol. The van der Waals surface area contributed by atoms with Crippen LogP contribution in [0.25, 0.3) is 10.9 Å². The van der Waals surface area contributed by atoms with Gasteiger partial charge in [-0.3, -0.25) is 10.0 Å². The first kappa shape index (κ1) is 23.3. The molecule has 0 radical (unpaired) electrons. The van der Waals surface area contributed by atoms with Crippen molar-refractivity contribution in [1.82, 2.24) is 15.4 Å². The molecule has 1 heterocycles. The molecule has 0 aliphatic rings. The monoisotopic (exact) mass is 438 g/mol. The second-order valence-electron chi connectivity index (χ2n) is 8.56. The van der Waals surface area contributed by atoms with Gasteiger partial charge in [0.05, 0.1) is 19.2 Å².